The van der Waals surface area contributed by atoms with Gasteiger partial charge in [0.1, 0.15) is 11.5 Å². The van der Waals surface area contributed by atoms with E-state index in [2.05, 4.69) is 22.4 Å². The van der Waals surface area contributed by atoms with E-state index in [4.69, 9.17) is 19.9 Å². The van der Waals surface area contributed by atoms with Crippen LogP contribution in [0.5, 0.6) is 11.5 Å². The molecule has 1 heterocycles. The molecule has 0 spiro atoms. The molecule has 2 aromatic rings. The summed E-state index contributed by atoms with van der Waals surface area (Å²) >= 11 is 0. The maximum absolute atomic E-state index is 6.16. The van der Waals surface area contributed by atoms with E-state index in [-0.39, 0.29) is 29.4 Å². The molecule has 0 atom stereocenters. The topological polar surface area (TPSA) is 78.1 Å². The lowest BCUT2D eigenvalue weighted by Gasteiger charge is -2.36. The van der Waals surface area contributed by atoms with Gasteiger partial charge in [0.25, 0.3) is 0 Å². The molecule has 1 fully saturated rings. The SMILES string of the molecule is CCOc1ccc(C2(CN=C(N)Nc3cccc(OC)c3)CCOCC2)cc1.I. The lowest BCUT2D eigenvalue weighted by Crippen LogP contribution is -2.38. The van der Waals surface area contributed by atoms with Gasteiger partial charge in [-0.1, -0.05) is 18.2 Å². The summed E-state index contributed by atoms with van der Waals surface area (Å²) in [6.45, 7) is 4.71. The molecule has 1 aliphatic heterocycles. The van der Waals surface area contributed by atoms with Crippen LogP contribution < -0.4 is 20.5 Å². The fraction of sp³-hybridized carbons (Fsp3) is 0.409. The predicted octanol–water partition coefficient (Wildman–Crippen LogP) is 4.19. The fourth-order valence-corrected chi connectivity index (χ4v) is 3.50. The molecule has 158 valence electrons. The molecular weight excluding hydrogens is 481 g/mol. The van der Waals surface area contributed by atoms with Crippen LogP contribution in [0.25, 0.3) is 0 Å². The Morgan fingerprint density at radius 1 is 1.14 bits per heavy atom. The summed E-state index contributed by atoms with van der Waals surface area (Å²) in [5.74, 6) is 2.05. The zero-order valence-corrected chi connectivity index (χ0v) is 19.3. The second kappa shape index (κ2) is 11.3. The van der Waals surface area contributed by atoms with Crippen molar-refractivity contribution in [1.82, 2.24) is 0 Å². The Hall–Kier alpha value is -2.00. The maximum Gasteiger partial charge on any atom is 0.193 e. The lowest BCUT2D eigenvalue weighted by atomic mass is 9.74. The van der Waals surface area contributed by atoms with Crippen molar-refractivity contribution >= 4 is 35.6 Å². The first-order chi connectivity index (χ1) is 13.6. The zero-order valence-electron chi connectivity index (χ0n) is 17.0. The molecule has 7 heteroatoms. The normalized spacial score (nSPS) is 15.9. The van der Waals surface area contributed by atoms with Gasteiger partial charge in [0.2, 0.25) is 0 Å². The molecule has 0 bridgehead atoms. The third kappa shape index (κ3) is 6.24. The van der Waals surface area contributed by atoms with Gasteiger partial charge in [-0.15, -0.1) is 24.0 Å². The molecule has 29 heavy (non-hydrogen) atoms. The Morgan fingerprint density at radius 2 is 1.86 bits per heavy atom. The minimum Gasteiger partial charge on any atom is -0.497 e. The summed E-state index contributed by atoms with van der Waals surface area (Å²) in [7, 11) is 1.64. The van der Waals surface area contributed by atoms with Gasteiger partial charge >= 0.3 is 0 Å². The number of hydrogen-bond donors (Lipinski definition) is 2. The first-order valence-corrected chi connectivity index (χ1v) is 9.67. The largest absolute Gasteiger partial charge is 0.497 e. The Kier molecular flexibility index (Phi) is 9.03. The van der Waals surface area contributed by atoms with Crippen LogP contribution in [0.15, 0.2) is 53.5 Å². The number of ether oxygens (including phenoxy) is 3. The first-order valence-electron chi connectivity index (χ1n) is 9.67. The molecule has 3 N–H and O–H groups in total. The zero-order chi connectivity index (χ0) is 19.8. The van der Waals surface area contributed by atoms with Crippen LogP contribution in [0, 0.1) is 0 Å². The number of guanidine groups is 1. The van der Waals surface area contributed by atoms with E-state index in [1.54, 1.807) is 7.11 Å². The highest BCUT2D eigenvalue weighted by Crippen LogP contribution is 2.36. The molecular formula is C22H30IN3O3. The van der Waals surface area contributed by atoms with E-state index in [0.717, 1.165) is 43.2 Å². The van der Waals surface area contributed by atoms with Gasteiger partial charge in [-0.25, -0.2) is 0 Å². The third-order valence-corrected chi connectivity index (χ3v) is 5.12. The average Bonchev–Trinajstić information content (AvgIpc) is 2.74. The van der Waals surface area contributed by atoms with Crippen molar-refractivity contribution in [2.75, 3.05) is 38.8 Å². The van der Waals surface area contributed by atoms with Gasteiger partial charge in [0.15, 0.2) is 5.96 Å². The van der Waals surface area contributed by atoms with Crippen molar-refractivity contribution < 1.29 is 14.2 Å². The van der Waals surface area contributed by atoms with E-state index in [1.165, 1.54) is 5.56 Å². The van der Waals surface area contributed by atoms with Crippen molar-refractivity contribution in [1.29, 1.82) is 0 Å². The highest BCUT2D eigenvalue weighted by atomic mass is 127. The molecule has 3 rings (SSSR count). The second-order valence-electron chi connectivity index (χ2n) is 6.91. The van der Waals surface area contributed by atoms with Crippen LogP contribution in [-0.4, -0.2) is 39.4 Å². The molecule has 0 radical (unpaired) electrons. The van der Waals surface area contributed by atoms with E-state index in [1.807, 2.05) is 43.3 Å². The monoisotopic (exact) mass is 511 g/mol. The number of halogens is 1. The van der Waals surface area contributed by atoms with Crippen molar-refractivity contribution in [3.05, 3.63) is 54.1 Å². The Bertz CT molecular complexity index is 790. The van der Waals surface area contributed by atoms with Crippen molar-refractivity contribution in [2.45, 2.75) is 25.2 Å². The maximum atomic E-state index is 6.16. The number of hydrogen-bond acceptors (Lipinski definition) is 4. The van der Waals surface area contributed by atoms with Crippen molar-refractivity contribution in [2.24, 2.45) is 10.7 Å². The highest BCUT2D eigenvalue weighted by molar-refractivity contribution is 14.0. The summed E-state index contributed by atoms with van der Waals surface area (Å²) in [4.78, 5) is 4.66. The number of rotatable bonds is 7. The number of benzene rings is 2. The summed E-state index contributed by atoms with van der Waals surface area (Å²) in [6, 6.07) is 15.9. The number of aliphatic imine (C=N–C) groups is 1. The summed E-state index contributed by atoms with van der Waals surface area (Å²) in [5.41, 5.74) is 8.18. The van der Waals surface area contributed by atoms with Crippen LogP contribution in [0.4, 0.5) is 5.69 Å². The van der Waals surface area contributed by atoms with Gasteiger partial charge in [0, 0.05) is 30.4 Å². The summed E-state index contributed by atoms with van der Waals surface area (Å²) < 4.78 is 16.4. The van der Waals surface area contributed by atoms with Gasteiger partial charge < -0.3 is 25.3 Å². The lowest BCUT2D eigenvalue weighted by molar-refractivity contribution is 0.0531. The molecule has 0 amide bonds. The van der Waals surface area contributed by atoms with Gasteiger partial charge in [-0.3, -0.25) is 4.99 Å². The standard InChI is InChI=1S/C22H29N3O3.HI/c1-3-28-19-9-7-17(8-10-19)22(11-13-27-14-12-22)16-24-21(23)25-18-5-4-6-20(15-18)26-2;/h4-10,15H,3,11-14,16H2,1-2H3,(H3,23,24,25);1H. The van der Waals surface area contributed by atoms with Crippen LogP contribution in [-0.2, 0) is 10.2 Å². The van der Waals surface area contributed by atoms with Crippen LogP contribution >= 0.6 is 24.0 Å². The first kappa shape index (κ1) is 23.3. The minimum atomic E-state index is -0.0797. The number of nitrogens with one attached hydrogen (secondary N) is 1. The summed E-state index contributed by atoms with van der Waals surface area (Å²) in [6.07, 6.45) is 1.83. The van der Waals surface area contributed by atoms with E-state index in [9.17, 15) is 0 Å². The van der Waals surface area contributed by atoms with Gasteiger partial charge in [-0.2, -0.15) is 0 Å². The minimum absolute atomic E-state index is 0. The quantitative estimate of drug-likeness (QED) is 0.331. The van der Waals surface area contributed by atoms with E-state index in [0.29, 0.717) is 19.1 Å². The molecule has 0 saturated carbocycles. The number of anilines is 1. The number of nitrogens with zero attached hydrogens (tertiary/aromatic N) is 1. The third-order valence-electron chi connectivity index (χ3n) is 5.12. The molecule has 2 aromatic carbocycles. The Labute approximate surface area is 189 Å². The van der Waals surface area contributed by atoms with E-state index >= 15 is 0 Å². The number of nitrogens with two attached hydrogens (primary N) is 1. The predicted molar refractivity (Wildman–Crippen MR) is 128 cm³/mol. The number of methoxy groups -OCH3 is 1. The van der Waals surface area contributed by atoms with Gasteiger partial charge in [0.05, 0.1) is 20.3 Å². The molecule has 1 saturated heterocycles. The second-order valence-corrected chi connectivity index (χ2v) is 6.91. The fourth-order valence-electron chi connectivity index (χ4n) is 3.50. The van der Waals surface area contributed by atoms with Crippen LogP contribution in [0.1, 0.15) is 25.3 Å². The molecule has 0 aliphatic carbocycles. The van der Waals surface area contributed by atoms with Gasteiger partial charge in [-0.05, 0) is 49.6 Å². The molecule has 1 aliphatic rings. The molecule has 0 aromatic heterocycles. The average molecular weight is 511 g/mol. The van der Waals surface area contributed by atoms with Crippen molar-refractivity contribution in [3.63, 3.8) is 0 Å². The van der Waals surface area contributed by atoms with Crippen molar-refractivity contribution in [3.8, 4) is 11.5 Å². The smallest absolute Gasteiger partial charge is 0.193 e. The van der Waals surface area contributed by atoms with E-state index < -0.39 is 0 Å². The molecule has 0 unspecified atom stereocenters. The Morgan fingerprint density at radius 3 is 2.52 bits per heavy atom. The van der Waals surface area contributed by atoms with Crippen LogP contribution in [0.2, 0.25) is 0 Å². The van der Waals surface area contributed by atoms with Crippen LogP contribution in [0.3, 0.4) is 0 Å². The molecule has 6 nitrogen and oxygen atoms in total. The summed E-state index contributed by atoms with van der Waals surface area (Å²) in [5, 5.41) is 3.15. The highest BCUT2D eigenvalue weighted by Gasteiger charge is 2.34. The Balaban J connectivity index is 0.00000300.